The van der Waals surface area contributed by atoms with Crippen LogP contribution in [0.5, 0.6) is 0 Å². The second-order valence-corrected chi connectivity index (χ2v) is 7.13. The van der Waals surface area contributed by atoms with Gasteiger partial charge in [-0.25, -0.2) is 0 Å². The van der Waals surface area contributed by atoms with Gasteiger partial charge in [0.2, 0.25) is 5.95 Å². The van der Waals surface area contributed by atoms with Crippen molar-refractivity contribution < 1.29 is 0 Å². The lowest BCUT2D eigenvalue weighted by atomic mass is 9.98. The first-order valence-corrected chi connectivity index (χ1v) is 8.88. The summed E-state index contributed by atoms with van der Waals surface area (Å²) in [5, 5.41) is 16.5. The number of hydrogen-bond donors (Lipinski definition) is 2. The second-order valence-electron chi connectivity index (χ2n) is 7.13. The van der Waals surface area contributed by atoms with Gasteiger partial charge in [-0.3, -0.25) is 9.78 Å². The molecule has 3 N–H and O–H groups in total. The number of hydrogen-bond acceptors (Lipinski definition) is 7. The standard InChI is InChI=1S/C16H21N9/c17-16-19-14-12(6-18-22-14)15(20-16)24-5-1-2-10(7-24)8-25-9-13(21-23-25)11-3-4-11/h6,9-11H,1-5,7-8H2,(H3,17,18,19,20,22). The molecule has 25 heavy (non-hydrogen) atoms. The van der Waals surface area contributed by atoms with Gasteiger partial charge in [-0.05, 0) is 31.6 Å². The average Bonchev–Trinajstić information content (AvgIpc) is 3.18. The normalized spacial score (nSPS) is 21.1. The Morgan fingerprint density at radius 1 is 1.24 bits per heavy atom. The molecule has 1 unspecified atom stereocenters. The van der Waals surface area contributed by atoms with Gasteiger partial charge in [-0.2, -0.15) is 15.1 Å². The van der Waals surface area contributed by atoms with Crippen molar-refractivity contribution in [2.45, 2.75) is 38.1 Å². The van der Waals surface area contributed by atoms with Crippen molar-refractivity contribution in [3.8, 4) is 0 Å². The summed E-state index contributed by atoms with van der Waals surface area (Å²) in [6.45, 7) is 2.79. The number of nitrogens with two attached hydrogens (primary N) is 1. The van der Waals surface area contributed by atoms with E-state index in [0.717, 1.165) is 43.0 Å². The summed E-state index contributed by atoms with van der Waals surface area (Å²) in [7, 11) is 0. The predicted molar refractivity (Wildman–Crippen MR) is 93.0 cm³/mol. The number of nitrogens with one attached hydrogen (secondary N) is 1. The molecule has 0 amide bonds. The van der Waals surface area contributed by atoms with Gasteiger partial charge in [0.25, 0.3) is 0 Å². The SMILES string of the molecule is Nc1nc(N2CCCC(Cn3cc(C4CC4)nn3)C2)c2cn[nH]c2n1. The lowest BCUT2D eigenvalue weighted by molar-refractivity contribution is 0.347. The Hall–Kier alpha value is -2.71. The minimum Gasteiger partial charge on any atom is -0.368 e. The average molecular weight is 339 g/mol. The van der Waals surface area contributed by atoms with E-state index in [4.69, 9.17) is 5.73 Å². The van der Waals surface area contributed by atoms with Crippen molar-refractivity contribution in [2.75, 3.05) is 23.7 Å². The smallest absolute Gasteiger partial charge is 0.224 e. The monoisotopic (exact) mass is 339 g/mol. The number of aromatic nitrogens is 7. The molecule has 130 valence electrons. The summed E-state index contributed by atoms with van der Waals surface area (Å²) in [6, 6.07) is 0. The lowest BCUT2D eigenvalue weighted by Gasteiger charge is -2.33. The minimum atomic E-state index is 0.277. The van der Waals surface area contributed by atoms with E-state index in [1.165, 1.54) is 19.3 Å². The topological polar surface area (TPSA) is 114 Å². The highest BCUT2D eigenvalue weighted by Crippen LogP contribution is 2.38. The Kier molecular flexibility index (Phi) is 3.32. The fraction of sp³-hybridized carbons (Fsp3) is 0.562. The Morgan fingerprint density at radius 2 is 2.16 bits per heavy atom. The van der Waals surface area contributed by atoms with Gasteiger partial charge in [-0.1, -0.05) is 5.21 Å². The third kappa shape index (κ3) is 2.79. The van der Waals surface area contributed by atoms with Crippen LogP contribution >= 0.6 is 0 Å². The van der Waals surface area contributed by atoms with Gasteiger partial charge < -0.3 is 10.6 Å². The van der Waals surface area contributed by atoms with Crippen LogP contribution in [0.4, 0.5) is 11.8 Å². The van der Waals surface area contributed by atoms with Gasteiger partial charge in [-0.15, -0.1) is 5.10 Å². The van der Waals surface area contributed by atoms with Crippen LogP contribution in [0, 0.1) is 5.92 Å². The van der Waals surface area contributed by atoms with Gasteiger partial charge in [0.05, 0.1) is 17.3 Å². The van der Waals surface area contributed by atoms with Crippen molar-refractivity contribution in [3.63, 3.8) is 0 Å². The molecular weight excluding hydrogens is 318 g/mol. The maximum Gasteiger partial charge on any atom is 0.224 e. The maximum absolute atomic E-state index is 5.87. The van der Waals surface area contributed by atoms with E-state index >= 15 is 0 Å². The van der Waals surface area contributed by atoms with Crippen LogP contribution in [-0.2, 0) is 6.54 Å². The first kappa shape index (κ1) is 14.6. The number of fused-ring (bicyclic) bond motifs is 1. The number of anilines is 2. The quantitative estimate of drug-likeness (QED) is 0.736. The van der Waals surface area contributed by atoms with E-state index in [2.05, 4.69) is 41.6 Å². The van der Waals surface area contributed by atoms with E-state index in [9.17, 15) is 0 Å². The summed E-state index contributed by atoms with van der Waals surface area (Å²) in [5.74, 6) is 2.31. The molecule has 2 aliphatic rings. The number of nitrogen functional groups attached to an aromatic ring is 1. The number of nitrogens with zero attached hydrogens (tertiary/aromatic N) is 7. The second kappa shape index (κ2) is 5.68. The summed E-state index contributed by atoms with van der Waals surface area (Å²) >= 11 is 0. The Balaban J connectivity index is 1.35. The van der Waals surface area contributed by atoms with Gasteiger partial charge in [0.15, 0.2) is 5.65 Å². The van der Waals surface area contributed by atoms with Crippen LogP contribution in [-0.4, -0.2) is 48.2 Å². The van der Waals surface area contributed by atoms with Crippen LogP contribution in [0.3, 0.4) is 0 Å². The molecule has 0 radical (unpaired) electrons. The highest BCUT2D eigenvalue weighted by atomic mass is 15.4. The zero-order valence-electron chi connectivity index (χ0n) is 14.0. The maximum atomic E-state index is 5.87. The van der Waals surface area contributed by atoms with E-state index in [1.807, 2.05) is 4.68 Å². The third-order valence-corrected chi connectivity index (χ3v) is 5.12. The number of piperidine rings is 1. The molecule has 1 saturated carbocycles. The molecule has 5 rings (SSSR count). The van der Waals surface area contributed by atoms with Crippen molar-refractivity contribution in [2.24, 2.45) is 5.92 Å². The van der Waals surface area contributed by atoms with E-state index in [1.54, 1.807) is 6.20 Å². The van der Waals surface area contributed by atoms with Crippen LogP contribution in [0.2, 0.25) is 0 Å². The van der Waals surface area contributed by atoms with Crippen LogP contribution in [0.25, 0.3) is 11.0 Å². The largest absolute Gasteiger partial charge is 0.368 e. The first-order chi connectivity index (χ1) is 12.3. The van der Waals surface area contributed by atoms with E-state index < -0.39 is 0 Å². The van der Waals surface area contributed by atoms with Gasteiger partial charge in [0, 0.05) is 31.7 Å². The zero-order valence-corrected chi connectivity index (χ0v) is 14.0. The van der Waals surface area contributed by atoms with Gasteiger partial charge >= 0.3 is 0 Å². The fourth-order valence-electron chi connectivity index (χ4n) is 3.72. The van der Waals surface area contributed by atoms with Crippen molar-refractivity contribution in [3.05, 3.63) is 18.1 Å². The highest BCUT2D eigenvalue weighted by Gasteiger charge is 2.28. The van der Waals surface area contributed by atoms with Crippen LogP contribution in [0.15, 0.2) is 12.4 Å². The molecule has 1 saturated heterocycles. The zero-order chi connectivity index (χ0) is 16.8. The van der Waals surface area contributed by atoms with Crippen molar-refractivity contribution >= 4 is 22.8 Å². The van der Waals surface area contributed by atoms with E-state index in [-0.39, 0.29) is 5.95 Å². The highest BCUT2D eigenvalue weighted by molar-refractivity contribution is 5.87. The molecule has 1 aliphatic heterocycles. The molecule has 0 spiro atoms. The molecular formula is C16H21N9. The summed E-state index contributed by atoms with van der Waals surface area (Å²) < 4.78 is 2.00. The molecule has 1 aliphatic carbocycles. The number of rotatable bonds is 4. The number of aromatic amines is 1. The molecule has 0 bridgehead atoms. The van der Waals surface area contributed by atoms with Crippen molar-refractivity contribution in [1.82, 2.24) is 35.2 Å². The Bertz CT molecular complexity index is 894. The van der Waals surface area contributed by atoms with E-state index in [0.29, 0.717) is 17.5 Å². The van der Waals surface area contributed by atoms with Gasteiger partial charge in [0.1, 0.15) is 5.82 Å². The Labute approximate surface area is 144 Å². The molecule has 9 heteroatoms. The number of H-pyrrole nitrogens is 1. The molecule has 1 atom stereocenters. The predicted octanol–water partition coefficient (Wildman–Crippen LogP) is 1.32. The molecule has 2 fully saturated rings. The summed E-state index contributed by atoms with van der Waals surface area (Å²) in [6.07, 6.45) is 8.71. The third-order valence-electron chi connectivity index (χ3n) is 5.12. The Morgan fingerprint density at radius 3 is 3.04 bits per heavy atom. The molecule has 3 aromatic heterocycles. The summed E-state index contributed by atoms with van der Waals surface area (Å²) in [5.41, 5.74) is 7.71. The molecule has 3 aromatic rings. The van der Waals surface area contributed by atoms with Crippen molar-refractivity contribution in [1.29, 1.82) is 0 Å². The first-order valence-electron chi connectivity index (χ1n) is 8.88. The minimum absolute atomic E-state index is 0.277. The molecule has 0 aromatic carbocycles. The van der Waals surface area contributed by atoms with Crippen LogP contribution < -0.4 is 10.6 Å². The molecule has 9 nitrogen and oxygen atoms in total. The fourth-order valence-corrected chi connectivity index (χ4v) is 3.72. The molecule has 4 heterocycles. The van der Waals surface area contributed by atoms with Crippen LogP contribution in [0.1, 0.15) is 37.3 Å². The summed E-state index contributed by atoms with van der Waals surface area (Å²) in [4.78, 5) is 11.0. The lowest BCUT2D eigenvalue weighted by Crippen LogP contribution is -2.38.